The second-order valence-electron chi connectivity index (χ2n) is 5.76. The number of nitrogens with one attached hydrogen (secondary N) is 2. The number of carbonyl (C=O) groups excluding carboxylic acids is 1. The molecule has 1 atom stereocenters. The summed E-state index contributed by atoms with van der Waals surface area (Å²) in [5.74, 6) is 0.771. The zero-order valence-corrected chi connectivity index (χ0v) is 15.9. The van der Waals surface area contributed by atoms with Crippen molar-refractivity contribution in [1.29, 1.82) is 0 Å². The highest BCUT2D eigenvalue weighted by Gasteiger charge is 2.15. The largest absolute Gasteiger partial charge is 0.465 e. The zero-order valence-electron chi connectivity index (χ0n) is 14.3. The third-order valence-electron chi connectivity index (χ3n) is 3.61. The molecule has 1 aromatic carbocycles. The van der Waals surface area contributed by atoms with Crippen LogP contribution in [0.1, 0.15) is 24.2 Å². The average molecular weight is 409 g/mol. The SMILES string of the molecule is COC(=O)c1cccc(Nc2ncc(Br)c(N[C@@H](CO)C(C)C)n2)c1. The summed E-state index contributed by atoms with van der Waals surface area (Å²) in [7, 11) is 1.34. The third kappa shape index (κ3) is 5.14. The molecule has 0 saturated heterocycles. The number of aromatic nitrogens is 2. The van der Waals surface area contributed by atoms with Gasteiger partial charge in [-0.1, -0.05) is 19.9 Å². The van der Waals surface area contributed by atoms with Gasteiger partial charge in [0.2, 0.25) is 5.95 Å². The van der Waals surface area contributed by atoms with Gasteiger partial charge in [0.15, 0.2) is 0 Å². The zero-order chi connectivity index (χ0) is 18.4. The van der Waals surface area contributed by atoms with E-state index < -0.39 is 5.97 Å². The fourth-order valence-corrected chi connectivity index (χ4v) is 2.40. The van der Waals surface area contributed by atoms with E-state index in [-0.39, 0.29) is 18.6 Å². The van der Waals surface area contributed by atoms with Crippen molar-refractivity contribution in [2.75, 3.05) is 24.4 Å². The van der Waals surface area contributed by atoms with Gasteiger partial charge in [0.25, 0.3) is 0 Å². The molecule has 0 spiro atoms. The van der Waals surface area contributed by atoms with Crippen LogP contribution in [0, 0.1) is 5.92 Å². The van der Waals surface area contributed by atoms with Crippen LogP contribution in [0.5, 0.6) is 0 Å². The van der Waals surface area contributed by atoms with E-state index in [1.54, 1.807) is 30.5 Å². The first kappa shape index (κ1) is 19.1. The van der Waals surface area contributed by atoms with Gasteiger partial charge in [-0.05, 0) is 40.0 Å². The van der Waals surface area contributed by atoms with E-state index >= 15 is 0 Å². The molecule has 0 amide bonds. The predicted molar refractivity (Wildman–Crippen MR) is 100 cm³/mol. The van der Waals surface area contributed by atoms with E-state index in [0.717, 1.165) is 0 Å². The molecule has 0 aliphatic carbocycles. The number of carbonyl (C=O) groups is 1. The summed E-state index contributed by atoms with van der Waals surface area (Å²) < 4.78 is 5.41. The minimum Gasteiger partial charge on any atom is -0.465 e. The standard InChI is InChI=1S/C17H21BrN4O3/c1-10(2)14(9-23)21-15-13(18)8-19-17(22-15)20-12-6-4-5-11(7-12)16(24)25-3/h4-8,10,14,23H,9H2,1-3H3,(H2,19,20,21,22)/t14-/m0/s1. The number of hydrogen-bond donors (Lipinski definition) is 3. The van der Waals surface area contributed by atoms with Crippen LogP contribution in [0.15, 0.2) is 34.9 Å². The van der Waals surface area contributed by atoms with Crippen molar-refractivity contribution in [2.24, 2.45) is 5.92 Å². The van der Waals surface area contributed by atoms with Gasteiger partial charge in [0.05, 0.1) is 29.8 Å². The number of rotatable bonds is 7. The molecule has 0 unspecified atom stereocenters. The van der Waals surface area contributed by atoms with Crippen LogP contribution in [-0.2, 0) is 4.74 Å². The fraction of sp³-hybridized carbons (Fsp3) is 0.353. The lowest BCUT2D eigenvalue weighted by Crippen LogP contribution is -2.30. The molecule has 0 aliphatic rings. The molecule has 1 heterocycles. The number of halogens is 1. The monoisotopic (exact) mass is 408 g/mol. The molecule has 0 radical (unpaired) electrons. The van der Waals surface area contributed by atoms with Crippen LogP contribution < -0.4 is 10.6 Å². The summed E-state index contributed by atoms with van der Waals surface area (Å²) in [5, 5.41) is 15.7. The molecule has 0 aliphatic heterocycles. The summed E-state index contributed by atoms with van der Waals surface area (Å²) in [6.45, 7) is 4.03. The smallest absolute Gasteiger partial charge is 0.337 e. The maximum Gasteiger partial charge on any atom is 0.337 e. The van der Waals surface area contributed by atoms with E-state index in [4.69, 9.17) is 4.74 Å². The van der Waals surface area contributed by atoms with Gasteiger partial charge in [-0.25, -0.2) is 9.78 Å². The van der Waals surface area contributed by atoms with E-state index in [2.05, 4.69) is 36.5 Å². The maximum absolute atomic E-state index is 11.6. The Hall–Kier alpha value is -2.19. The summed E-state index contributed by atoms with van der Waals surface area (Å²) in [4.78, 5) is 20.3. The molecule has 7 nitrogen and oxygen atoms in total. The molecular formula is C17H21BrN4O3. The maximum atomic E-state index is 11.6. The van der Waals surface area contributed by atoms with Gasteiger partial charge in [0, 0.05) is 11.9 Å². The summed E-state index contributed by atoms with van der Waals surface area (Å²) in [6.07, 6.45) is 1.62. The number of aliphatic hydroxyl groups excluding tert-OH is 1. The van der Waals surface area contributed by atoms with E-state index in [1.807, 2.05) is 13.8 Å². The predicted octanol–water partition coefficient (Wildman–Crippen LogP) is 3.20. The third-order valence-corrected chi connectivity index (χ3v) is 4.19. The lowest BCUT2D eigenvalue weighted by Gasteiger charge is -2.21. The van der Waals surface area contributed by atoms with Crippen LogP contribution in [0.2, 0.25) is 0 Å². The lowest BCUT2D eigenvalue weighted by atomic mass is 10.1. The minimum atomic E-state index is -0.412. The molecule has 0 saturated carbocycles. The van der Waals surface area contributed by atoms with Gasteiger partial charge in [-0.3, -0.25) is 0 Å². The average Bonchev–Trinajstić information content (AvgIpc) is 2.61. The molecule has 0 fully saturated rings. The molecule has 2 rings (SSSR count). The van der Waals surface area contributed by atoms with E-state index in [1.165, 1.54) is 7.11 Å². The Morgan fingerprint density at radius 1 is 1.40 bits per heavy atom. The van der Waals surface area contributed by atoms with Crippen molar-refractivity contribution in [3.63, 3.8) is 0 Å². The van der Waals surface area contributed by atoms with Crippen molar-refractivity contribution in [3.8, 4) is 0 Å². The van der Waals surface area contributed by atoms with E-state index in [9.17, 15) is 9.90 Å². The number of methoxy groups -OCH3 is 1. The molecule has 2 aromatic rings. The van der Waals surface area contributed by atoms with Crippen molar-refractivity contribution < 1.29 is 14.6 Å². The number of benzene rings is 1. The molecule has 25 heavy (non-hydrogen) atoms. The number of hydrogen-bond acceptors (Lipinski definition) is 7. The van der Waals surface area contributed by atoms with Crippen molar-refractivity contribution >= 4 is 39.4 Å². The number of nitrogens with zero attached hydrogens (tertiary/aromatic N) is 2. The van der Waals surface area contributed by atoms with Crippen LogP contribution in [0.4, 0.5) is 17.5 Å². The van der Waals surface area contributed by atoms with Crippen LogP contribution >= 0.6 is 15.9 Å². The minimum absolute atomic E-state index is 0.00194. The number of ether oxygens (including phenoxy) is 1. The highest BCUT2D eigenvalue weighted by molar-refractivity contribution is 9.10. The Labute approximate surface area is 155 Å². The summed E-state index contributed by atoms with van der Waals surface area (Å²) >= 11 is 3.40. The Morgan fingerprint density at radius 3 is 2.80 bits per heavy atom. The Bertz CT molecular complexity index is 740. The van der Waals surface area contributed by atoms with Crippen molar-refractivity contribution in [1.82, 2.24) is 9.97 Å². The van der Waals surface area contributed by atoms with Crippen LogP contribution in [0.3, 0.4) is 0 Å². The fourth-order valence-electron chi connectivity index (χ4n) is 2.10. The number of aliphatic hydroxyl groups is 1. The Kier molecular flexibility index (Phi) is 6.72. The highest BCUT2D eigenvalue weighted by Crippen LogP contribution is 2.24. The lowest BCUT2D eigenvalue weighted by molar-refractivity contribution is 0.0601. The molecule has 3 N–H and O–H groups in total. The second-order valence-corrected chi connectivity index (χ2v) is 6.62. The topological polar surface area (TPSA) is 96.4 Å². The first-order chi connectivity index (χ1) is 11.9. The molecule has 0 bridgehead atoms. The second kappa shape index (κ2) is 8.77. The molecule has 8 heteroatoms. The quantitative estimate of drug-likeness (QED) is 0.605. The Balaban J connectivity index is 2.21. The number of esters is 1. The molecule has 1 aromatic heterocycles. The first-order valence-electron chi connectivity index (χ1n) is 7.80. The molecular weight excluding hydrogens is 388 g/mol. The number of anilines is 3. The van der Waals surface area contributed by atoms with Gasteiger partial charge in [-0.2, -0.15) is 4.98 Å². The van der Waals surface area contributed by atoms with Crippen LogP contribution in [0.25, 0.3) is 0 Å². The van der Waals surface area contributed by atoms with Gasteiger partial charge < -0.3 is 20.5 Å². The normalized spacial score (nSPS) is 11.9. The first-order valence-corrected chi connectivity index (χ1v) is 8.59. The molecule has 134 valence electrons. The van der Waals surface area contributed by atoms with Gasteiger partial charge in [0.1, 0.15) is 5.82 Å². The Morgan fingerprint density at radius 2 is 2.16 bits per heavy atom. The highest BCUT2D eigenvalue weighted by atomic mass is 79.9. The van der Waals surface area contributed by atoms with Crippen molar-refractivity contribution in [2.45, 2.75) is 19.9 Å². The van der Waals surface area contributed by atoms with Gasteiger partial charge in [-0.15, -0.1) is 0 Å². The van der Waals surface area contributed by atoms with E-state index in [0.29, 0.717) is 27.5 Å². The van der Waals surface area contributed by atoms with Crippen LogP contribution in [-0.4, -0.2) is 40.8 Å². The van der Waals surface area contributed by atoms with Gasteiger partial charge >= 0.3 is 5.97 Å². The van der Waals surface area contributed by atoms with Crippen molar-refractivity contribution in [3.05, 3.63) is 40.5 Å². The summed E-state index contributed by atoms with van der Waals surface area (Å²) in [6, 6.07) is 6.75. The summed E-state index contributed by atoms with van der Waals surface area (Å²) in [5.41, 5.74) is 1.10.